The van der Waals surface area contributed by atoms with Crippen LogP contribution in [0.25, 0.3) is 0 Å². The third-order valence-corrected chi connectivity index (χ3v) is 4.21. The number of piperidine rings is 1. The van der Waals surface area contributed by atoms with Crippen LogP contribution >= 0.6 is 0 Å². The molecule has 0 amide bonds. The molecule has 0 spiro atoms. The minimum absolute atomic E-state index is 0.240. The molecule has 0 aromatic heterocycles. The van der Waals surface area contributed by atoms with Crippen molar-refractivity contribution in [2.45, 2.75) is 32.7 Å². The smallest absolute Gasteiger partial charge is 0.191 e. The van der Waals surface area contributed by atoms with Crippen LogP contribution in [0, 0.1) is 0 Å². The van der Waals surface area contributed by atoms with Gasteiger partial charge in [-0.1, -0.05) is 6.42 Å². The SMILES string of the molecule is CCNC(=NCc1cc(OC)ccc1O)NCCN1CCCCC1. The normalized spacial score (nSPS) is 16.0. The molecule has 0 bridgehead atoms. The van der Waals surface area contributed by atoms with Crippen molar-refractivity contribution in [3.8, 4) is 11.5 Å². The molecule has 6 nitrogen and oxygen atoms in total. The molecule has 0 atom stereocenters. The molecule has 1 aromatic carbocycles. The molecule has 0 saturated carbocycles. The zero-order chi connectivity index (χ0) is 17.2. The number of phenolic OH excluding ortho intramolecular Hbond substituents is 1. The summed E-state index contributed by atoms with van der Waals surface area (Å²) < 4.78 is 5.20. The Labute approximate surface area is 144 Å². The molecule has 0 aliphatic carbocycles. The van der Waals surface area contributed by atoms with E-state index in [-0.39, 0.29) is 5.75 Å². The van der Waals surface area contributed by atoms with Crippen molar-refractivity contribution in [1.29, 1.82) is 0 Å². The fourth-order valence-electron chi connectivity index (χ4n) is 2.84. The number of ether oxygens (including phenoxy) is 1. The highest BCUT2D eigenvalue weighted by Gasteiger charge is 2.09. The molecule has 0 unspecified atom stereocenters. The molecular weight excluding hydrogens is 304 g/mol. The molecule has 6 heteroatoms. The van der Waals surface area contributed by atoms with Crippen molar-refractivity contribution >= 4 is 5.96 Å². The van der Waals surface area contributed by atoms with E-state index in [9.17, 15) is 5.11 Å². The van der Waals surface area contributed by atoms with Crippen LogP contribution in [0.15, 0.2) is 23.2 Å². The maximum absolute atomic E-state index is 9.95. The lowest BCUT2D eigenvalue weighted by Gasteiger charge is -2.26. The summed E-state index contributed by atoms with van der Waals surface area (Å²) in [7, 11) is 1.62. The summed E-state index contributed by atoms with van der Waals surface area (Å²) in [6, 6.07) is 5.20. The van der Waals surface area contributed by atoms with E-state index in [0.717, 1.165) is 36.9 Å². The number of benzene rings is 1. The van der Waals surface area contributed by atoms with Crippen LogP contribution in [-0.2, 0) is 6.54 Å². The highest BCUT2D eigenvalue weighted by Crippen LogP contribution is 2.23. The van der Waals surface area contributed by atoms with Crippen LogP contribution in [0.2, 0.25) is 0 Å². The quantitative estimate of drug-likeness (QED) is 0.525. The monoisotopic (exact) mass is 334 g/mol. The van der Waals surface area contributed by atoms with Crippen molar-refractivity contribution in [1.82, 2.24) is 15.5 Å². The van der Waals surface area contributed by atoms with E-state index in [4.69, 9.17) is 4.74 Å². The number of aromatic hydroxyl groups is 1. The number of methoxy groups -OCH3 is 1. The van der Waals surface area contributed by atoms with E-state index >= 15 is 0 Å². The Morgan fingerprint density at radius 3 is 2.75 bits per heavy atom. The Bertz CT molecular complexity index is 528. The van der Waals surface area contributed by atoms with Crippen molar-refractivity contribution in [3.05, 3.63) is 23.8 Å². The second kappa shape index (κ2) is 10.0. The Kier molecular flexibility index (Phi) is 7.68. The van der Waals surface area contributed by atoms with Gasteiger partial charge in [0.1, 0.15) is 11.5 Å². The molecule has 24 heavy (non-hydrogen) atoms. The van der Waals surface area contributed by atoms with E-state index < -0.39 is 0 Å². The number of aliphatic imine (C=N–C) groups is 1. The van der Waals surface area contributed by atoms with Gasteiger partial charge < -0.3 is 25.4 Å². The van der Waals surface area contributed by atoms with Gasteiger partial charge in [0.15, 0.2) is 5.96 Å². The lowest BCUT2D eigenvalue weighted by Crippen LogP contribution is -2.42. The lowest BCUT2D eigenvalue weighted by molar-refractivity contribution is 0.232. The predicted octanol–water partition coefficient (Wildman–Crippen LogP) is 1.94. The molecule has 1 aromatic rings. The summed E-state index contributed by atoms with van der Waals surface area (Å²) in [5, 5.41) is 16.6. The number of phenols is 1. The minimum atomic E-state index is 0.240. The molecule has 1 heterocycles. The second-order valence-electron chi connectivity index (χ2n) is 6.02. The summed E-state index contributed by atoms with van der Waals surface area (Å²) in [5.74, 6) is 1.74. The first-order valence-electron chi connectivity index (χ1n) is 8.83. The third kappa shape index (κ3) is 5.92. The van der Waals surface area contributed by atoms with Crippen LogP contribution in [0.4, 0.5) is 0 Å². The van der Waals surface area contributed by atoms with E-state index in [0.29, 0.717) is 6.54 Å². The summed E-state index contributed by atoms with van der Waals surface area (Å²) in [4.78, 5) is 7.06. The average Bonchev–Trinajstić information content (AvgIpc) is 2.61. The average molecular weight is 334 g/mol. The highest BCUT2D eigenvalue weighted by atomic mass is 16.5. The maximum Gasteiger partial charge on any atom is 0.191 e. The summed E-state index contributed by atoms with van der Waals surface area (Å²) >= 11 is 0. The zero-order valence-electron chi connectivity index (χ0n) is 14.8. The standard InChI is InChI=1S/C18H30N4O2/c1-3-19-18(20-9-12-22-10-5-4-6-11-22)21-14-15-13-16(24-2)7-8-17(15)23/h7-8,13,23H,3-6,9-12,14H2,1-2H3,(H2,19,20,21). The second-order valence-corrected chi connectivity index (χ2v) is 6.02. The minimum Gasteiger partial charge on any atom is -0.508 e. The first-order valence-corrected chi connectivity index (χ1v) is 8.83. The van der Waals surface area contributed by atoms with Crippen molar-refractivity contribution in [2.24, 2.45) is 4.99 Å². The van der Waals surface area contributed by atoms with Gasteiger partial charge in [-0.15, -0.1) is 0 Å². The van der Waals surface area contributed by atoms with E-state index in [1.54, 1.807) is 19.2 Å². The lowest BCUT2D eigenvalue weighted by atomic mass is 10.1. The number of guanidine groups is 1. The molecule has 1 saturated heterocycles. The van der Waals surface area contributed by atoms with Crippen LogP contribution < -0.4 is 15.4 Å². The number of nitrogens with zero attached hydrogens (tertiary/aromatic N) is 2. The molecule has 1 fully saturated rings. The Morgan fingerprint density at radius 1 is 1.25 bits per heavy atom. The molecule has 3 N–H and O–H groups in total. The summed E-state index contributed by atoms with van der Waals surface area (Å²) in [6.07, 6.45) is 3.98. The number of hydrogen-bond donors (Lipinski definition) is 3. The Morgan fingerprint density at radius 2 is 2.04 bits per heavy atom. The van der Waals surface area contributed by atoms with Crippen molar-refractivity contribution in [3.63, 3.8) is 0 Å². The van der Waals surface area contributed by atoms with Crippen LogP contribution in [0.1, 0.15) is 31.7 Å². The zero-order valence-corrected chi connectivity index (χ0v) is 14.8. The van der Waals surface area contributed by atoms with Gasteiger partial charge in [0.05, 0.1) is 13.7 Å². The molecule has 0 radical (unpaired) electrons. The largest absolute Gasteiger partial charge is 0.508 e. The van der Waals surface area contributed by atoms with E-state index in [2.05, 4.69) is 20.5 Å². The van der Waals surface area contributed by atoms with Crippen molar-refractivity contribution in [2.75, 3.05) is 39.8 Å². The van der Waals surface area contributed by atoms with Crippen molar-refractivity contribution < 1.29 is 9.84 Å². The van der Waals surface area contributed by atoms with E-state index in [1.807, 2.05) is 13.0 Å². The van der Waals surface area contributed by atoms with Gasteiger partial charge in [-0.2, -0.15) is 0 Å². The molecule has 2 rings (SSSR count). The number of hydrogen-bond acceptors (Lipinski definition) is 4. The first-order chi connectivity index (χ1) is 11.7. The maximum atomic E-state index is 9.95. The third-order valence-electron chi connectivity index (χ3n) is 4.21. The van der Waals surface area contributed by atoms with Crippen LogP contribution in [-0.4, -0.2) is 55.8 Å². The van der Waals surface area contributed by atoms with Gasteiger partial charge in [0.2, 0.25) is 0 Å². The van der Waals surface area contributed by atoms with Gasteiger partial charge in [0.25, 0.3) is 0 Å². The summed E-state index contributed by atoms with van der Waals surface area (Å²) in [6.45, 7) is 7.57. The molecule has 1 aliphatic rings. The molecule has 1 aliphatic heterocycles. The van der Waals surface area contributed by atoms with Gasteiger partial charge in [-0.05, 0) is 51.1 Å². The van der Waals surface area contributed by atoms with Gasteiger partial charge in [-0.25, -0.2) is 4.99 Å². The predicted molar refractivity (Wildman–Crippen MR) is 97.8 cm³/mol. The van der Waals surface area contributed by atoms with Gasteiger partial charge in [-0.3, -0.25) is 0 Å². The molecule has 134 valence electrons. The fraction of sp³-hybridized carbons (Fsp3) is 0.611. The van der Waals surface area contributed by atoms with Crippen LogP contribution in [0.3, 0.4) is 0 Å². The Balaban J connectivity index is 1.87. The first kappa shape index (κ1) is 18.4. The Hall–Kier alpha value is -1.95. The number of rotatable bonds is 7. The van der Waals surface area contributed by atoms with Gasteiger partial charge >= 0.3 is 0 Å². The topological polar surface area (TPSA) is 69.1 Å². The molecular formula is C18H30N4O2. The fourth-order valence-corrected chi connectivity index (χ4v) is 2.84. The summed E-state index contributed by atoms with van der Waals surface area (Å²) in [5.41, 5.74) is 0.752. The van der Waals surface area contributed by atoms with E-state index in [1.165, 1.54) is 32.4 Å². The number of nitrogens with one attached hydrogen (secondary N) is 2. The van der Waals surface area contributed by atoms with Gasteiger partial charge in [0, 0.05) is 25.2 Å². The highest BCUT2D eigenvalue weighted by molar-refractivity contribution is 5.79. The van der Waals surface area contributed by atoms with Crippen LogP contribution in [0.5, 0.6) is 11.5 Å². The number of likely N-dealkylation sites (tertiary alicyclic amines) is 1.